The van der Waals surface area contributed by atoms with E-state index >= 15 is 0 Å². The molecule has 1 spiro atoms. The number of rotatable bonds is 1. The van der Waals surface area contributed by atoms with Crippen LogP contribution in [-0.4, -0.2) is 19.7 Å². The van der Waals surface area contributed by atoms with Crippen LogP contribution >= 0.6 is 11.3 Å². The molecule has 0 bridgehead atoms. The monoisotopic (exact) mass is 237 g/mol. The summed E-state index contributed by atoms with van der Waals surface area (Å²) in [5.41, 5.74) is 1.57. The second kappa shape index (κ2) is 4.13. The van der Waals surface area contributed by atoms with Crippen molar-refractivity contribution in [1.82, 2.24) is 5.32 Å². The van der Waals surface area contributed by atoms with Gasteiger partial charge in [-0.2, -0.15) is 0 Å². The first-order chi connectivity index (χ1) is 7.84. The first kappa shape index (κ1) is 10.8. The third-order valence-electron chi connectivity index (χ3n) is 3.82. The van der Waals surface area contributed by atoms with Crippen molar-refractivity contribution in [3.05, 3.63) is 21.4 Å². The van der Waals surface area contributed by atoms with Crippen LogP contribution in [0.5, 0.6) is 0 Å². The minimum atomic E-state index is 0.0583. The van der Waals surface area contributed by atoms with Crippen LogP contribution < -0.4 is 5.32 Å². The number of thiophene rings is 1. The lowest BCUT2D eigenvalue weighted by atomic mass is 9.83. The predicted molar refractivity (Wildman–Crippen MR) is 67.1 cm³/mol. The van der Waals surface area contributed by atoms with Crippen molar-refractivity contribution in [2.75, 3.05) is 19.7 Å². The van der Waals surface area contributed by atoms with Crippen LogP contribution in [0.1, 0.15) is 35.1 Å². The fourth-order valence-corrected chi connectivity index (χ4v) is 4.07. The number of ether oxygens (including phenoxy) is 1. The molecule has 16 heavy (non-hydrogen) atoms. The van der Waals surface area contributed by atoms with Crippen molar-refractivity contribution in [1.29, 1.82) is 0 Å². The Kier molecular flexibility index (Phi) is 2.78. The molecule has 0 amide bonds. The molecule has 0 aromatic carbocycles. The predicted octanol–water partition coefficient (Wildman–Crippen LogP) is 2.46. The maximum absolute atomic E-state index is 6.16. The van der Waals surface area contributed by atoms with Gasteiger partial charge in [-0.05, 0) is 44.0 Å². The number of nitrogens with one attached hydrogen (secondary N) is 1. The summed E-state index contributed by atoms with van der Waals surface area (Å²) in [5.74, 6) is 0. The van der Waals surface area contributed by atoms with Crippen molar-refractivity contribution >= 4 is 11.3 Å². The number of piperidine rings is 1. The van der Waals surface area contributed by atoms with Gasteiger partial charge in [-0.1, -0.05) is 6.92 Å². The van der Waals surface area contributed by atoms with Crippen LogP contribution in [0, 0.1) is 0 Å². The first-order valence-electron chi connectivity index (χ1n) is 6.31. The number of hydrogen-bond donors (Lipinski definition) is 1. The van der Waals surface area contributed by atoms with E-state index in [1.165, 1.54) is 10.4 Å². The molecule has 2 nitrogen and oxygen atoms in total. The SMILES string of the molecule is CCc1cc2c(s1)CCOC21CCNCC1. The minimum Gasteiger partial charge on any atom is -0.370 e. The molecule has 0 atom stereocenters. The summed E-state index contributed by atoms with van der Waals surface area (Å²) in [7, 11) is 0. The fraction of sp³-hybridized carbons (Fsp3) is 0.692. The second-order valence-corrected chi connectivity index (χ2v) is 5.97. The van der Waals surface area contributed by atoms with E-state index < -0.39 is 0 Å². The van der Waals surface area contributed by atoms with Gasteiger partial charge in [0.1, 0.15) is 0 Å². The smallest absolute Gasteiger partial charge is 0.0966 e. The van der Waals surface area contributed by atoms with Crippen LogP contribution in [0.25, 0.3) is 0 Å². The Morgan fingerprint density at radius 3 is 3.00 bits per heavy atom. The molecule has 0 saturated carbocycles. The third-order valence-corrected chi connectivity index (χ3v) is 5.16. The van der Waals surface area contributed by atoms with Gasteiger partial charge in [0, 0.05) is 16.2 Å². The molecule has 1 saturated heterocycles. The molecule has 0 radical (unpaired) electrons. The van der Waals surface area contributed by atoms with Crippen LogP contribution in [0.4, 0.5) is 0 Å². The van der Waals surface area contributed by atoms with Crippen LogP contribution in [-0.2, 0) is 23.2 Å². The van der Waals surface area contributed by atoms with Gasteiger partial charge < -0.3 is 10.1 Å². The van der Waals surface area contributed by atoms with Gasteiger partial charge in [-0.25, -0.2) is 0 Å². The van der Waals surface area contributed by atoms with Crippen molar-refractivity contribution in [3.8, 4) is 0 Å². The summed E-state index contributed by atoms with van der Waals surface area (Å²) in [6, 6.07) is 2.41. The van der Waals surface area contributed by atoms with Gasteiger partial charge in [0.2, 0.25) is 0 Å². The average molecular weight is 237 g/mol. The minimum absolute atomic E-state index is 0.0583. The number of fused-ring (bicyclic) bond motifs is 2. The van der Waals surface area contributed by atoms with Crippen molar-refractivity contribution in [2.45, 2.75) is 38.2 Å². The van der Waals surface area contributed by atoms with E-state index in [9.17, 15) is 0 Å². The van der Waals surface area contributed by atoms with Gasteiger partial charge in [0.25, 0.3) is 0 Å². The highest BCUT2D eigenvalue weighted by atomic mass is 32.1. The summed E-state index contributed by atoms with van der Waals surface area (Å²) < 4.78 is 6.16. The van der Waals surface area contributed by atoms with E-state index in [1.54, 1.807) is 4.88 Å². The molecule has 2 aliphatic rings. The Hall–Kier alpha value is -0.380. The number of aryl methyl sites for hydroxylation is 1. The van der Waals surface area contributed by atoms with E-state index in [4.69, 9.17) is 4.74 Å². The van der Waals surface area contributed by atoms with Crippen LogP contribution in [0.2, 0.25) is 0 Å². The molecule has 3 heterocycles. The zero-order chi connectivity index (χ0) is 11.0. The lowest BCUT2D eigenvalue weighted by Crippen LogP contribution is -2.44. The van der Waals surface area contributed by atoms with Crippen LogP contribution in [0.3, 0.4) is 0 Å². The Balaban J connectivity index is 2.00. The second-order valence-electron chi connectivity index (χ2n) is 4.75. The van der Waals surface area contributed by atoms with Crippen molar-refractivity contribution in [2.24, 2.45) is 0 Å². The van der Waals surface area contributed by atoms with Gasteiger partial charge in [-0.3, -0.25) is 0 Å². The maximum atomic E-state index is 6.16. The summed E-state index contributed by atoms with van der Waals surface area (Å²) >= 11 is 2.00. The molecule has 3 heteroatoms. The lowest BCUT2D eigenvalue weighted by molar-refractivity contribution is -0.0792. The maximum Gasteiger partial charge on any atom is 0.0966 e. The van der Waals surface area contributed by atoms with Gasteiger partial charge in [-0.15, -0.1) is 11.3 Å². The Morgan fingerprint density at radius 2 is 2.25 bits per heavy atom. The highest BCUT2D eigenvalue weighted by Gasteiger charge is 2.39. The lowest BCUT2D eigenvalue weighted by Gasteiger charge is -2.40. The Bertz CT molecular complexity index is 379. The average Bonchev–Trinajstić information content (AvgIpc) is 2.75. The van der Waals surface area contributed by atoms with Crippen molar-refractivity contribution < 1.29 is 4.74 Å². The van der Waals surface area contributed by atoms with E-state index in [0.717, 1.165) is 45.4 Å². The quantitative estimate of drug-likeness (QED) is 0.810. The van der Waals surface area contributed by atoms with Crippen molar-refractivity contribution in [3.63, 3.8) is 0 Å². The molecular formula is C13H19NOS. The zero-order valence-electron chi connectivity index (χ0n) is 9.84. The van der Waals surface area contributed by atoms with Gasteiger partial charge in [0.05, 0.1) is 12.2 Å². The fourth-order valence-electron chi connectivity index (χ4n) is 2.89. The Labute approximate surface area is 101 Å². The topological polar surface area (TPSA) is 21.3 Å². The molecule has 88 valence electrons. The summed E-state index contributed by atoms with van der Waals surface area (Å²) in [6.07, 6.45) is 4.56. The third kappa shape index (κ3) is 1.62. The summed E-state index contributed by atoms with van der Waals surface area (Å²) in [6.45, 7) is 5.34. The Morgan fingerprint density at radius 1 is 1.44 bits per heavy atom. The summed E-state index contributed by atoms with van der Waals surface area (Å²) in [4.78, 5) is 3.11. The molecule has 0 unspecified atom stereocenters. The highest BCUT2D eigenvalue weighted by Crippen LogP contribution is 2.43. The molecule has 0 aliphatic carbocycles. The van der Waals surface area contributed by atoms with Gasteiger partial charge in [0.15, 0.2) is 0 Å². The van der Waals surface area contributed by atoms with Gasteiger partial charge >= 0.3 is 0 Å². The largest absolute Gasteiger partial charge is 0.370 e. The molecule has 1 N–H and O–H groups in total. The number of hydrogen-bond acceptors (Lipinski definition) is 3. The molecule has 3 rings (SSSR count). The first-order valence-corrected chi connectivity index (χ1v) is 7.12. The normalized spacial score (nSPS) is 23.3. The zero-order valence-corrected chi connectivity index (χ0v) is 10.7. The van der Waals surface area contributed by atoms with E-state index in [1.807, 2.05) is 11.3 Å². The van der Waals surface area contributed by atoms with E-state index in [-0.39, 0.29) is 5.60 Å². The molecule has 2 aliphatic heterocycles. The molecule has 1 aromatic heterocycles. The molecule has 1 aromatic rings. The molecule has 1 fully saturated rings. The van der Waals surface area contributed by atoms with E-state index in [0.29, 0.717) is 0 Å². The standard InChI is InChI=1S/C13H19NOS/c1-2-10-9-11-12(16-10)3-8-15-13(11)4-6-14-7-5-13/h9,14H,2-8H2,1H3. The molecular weight excluding hydrogens is 218 g/mol. The summed E-state index contributed by atoms with van der Waals surface area (Å²) in [5, 5.41) is 3.43. The van der Waals surface area contributed by atoms with Crippen LogP contribution in [0.15, 0.2) is 6.07 Å². The van der Waals surface area contributed by atoms with E-state index in [2.05, 4.69) is 18.3 Å². The highest BCUT2D eigenvalue weighted by molar-refractivity contribution is 7.12.